The van der Waals surface area contributed by atoms with Gasteiger partial charge in [-0.2, -0.15) is 0 Å². The summed E-state index contributed by atoms with van der Waals surface area (Å²) in [6.07, 6.45) is 4.01. The van der Waals surface area contributed by atoms with Crippen LogP contribution in [0.2, 0.25) is 0 Å². The monoisotopic (exact) mass is 296 g/mol. The van der Waals surface area contributed by atoms with Crippen molar-refractivity contribution in [1.29, 1.82) is 0 Å². The molecule has 0 heterocycles. The molecule has 6 heteroatoms. The number of hydrogen-bond acceptors (Lipinski definition) is 2. The highest BCUT2D eigenvalue weighted by Gasteiger charge is 2.22. The van der Waals surface area contributed by atoms with Gasteiger partial charge in [0.05, 0.1) is 5.69 Å². The topological polar surface area (TPSA) is 49.4 Å². The van der Waals surface area contributed by atoms with Crippen LogP contribution < -0.4 is 10.2 Å². The molecule has 1 aliphatic rings. The first kappa shape index (κ1) is 15.4. The minimum absolute atomic E-state index is 0.0922. The molecule has 21 heavy (non-hydrogen) atoms. The van der Waals surface area contributed by atoms with Crippen LogP contribution in [-0.2, 0) is 9.59 Å². The van der Waals surface area contributed by atoms with Crippen LogP contribution in [0.3, 0.4) is 0 Å². The fourth-order valence-corrected chi connectivity index (χ4v) is 2.55. The summed E-state index contributed by atoms with van der Waals surface area (Å²) in [6.45, 7) is 0.972. The van der Waals surface area contributed by atoms with E-state index in [1.807, 2.05) is 0 Å². The summed E-state index contributed by atoms with van der Waals surface area (Å²) in [5.74, 6) is -2.39. The molecule has 1 fully saturated rings. The molecule has 2 amide bonds. The number of hydrogen-bond donors (Lipinski definition) is 1. The third kappa shape index (κ3) is 4.00. The second-order valence-electron chi connectivity index (χ2n) is 5.25. The molecule has 1 saturated carbocycles. The lowest BCUT2D eigenvalue weighted by atomic mass is 10.2. The second kappa shape index (κ2) is 6.65. The van der Waals surface area contributed by atoms with Gasteiger partial charge in [-0.3, -0.25) is 9.59 Å². The molecule has 0 aromatic heterocycles. The van der Waals surface area contributed by atoms with Gasteiger partial charge in [-0.1, -0.05) is 12.8 Å². The molecule has 1 aromatic rings. The van der Waals surface area contributed by atoms with Gasteiger partial charge in [0.2, 0.25) is 11.8 Å². The van der Waals surface area contributed by atoms with Crippen molar-refractivity contribution >= 4 is 17.5 Å². The minimum atomic E-state index is -0.862. The van der Waals surface area contributed by atoms with E-state index in [1.165, 1.54) is 6.92 Å². The number of nitrogens with zero attached hydrogens (tertiary/aromatic N) is 1. The van der Waals surface area contributed by atoms with Crippen molar-refractivity contribution in [2.45, 2.75) is 38.6 Å². The Balaban J connectivity index is 2.08. The maximum absolute atomic E-state index is 13.8. The molecule has 4 nitrogen and oxygen atoms in total. The zero-order valence-electron chi connectivity index (χ0n) is 11.9. The Morgan fingerprint density at radius 2 is 1.95 bits per heavy atom. The van der Waals surface area contributed by atoms with Crippen LogP contribution in [0.4, 0.5) is 14.5 Å². The number of rotatable bonds is 4. The van der Waals surface area contributed by atoms with Crippen LogP contribution in [0.15, 0.2) is 18.2 Å². The summed E-state index contributed by atoms with van der Waals surface area (Å²) in [6, 6.07) is 3.04. The Hall–Kier alpha value is -1.98. The fourth-order valence-electron chi connectivity index (χ4n) is 2.55. The third-order valence-electron chi connectivity index (χ3n) is 3.60. The predicted molar refractivity (Wildman–Crippen MR) is 74.8 cm³/mol. The zero-order chi connectivity index (χ0) is 15.4. The average Bonchev–Trinajstić information content (AvgIpc) is 2.89. The molecule has 0 aliphatic heterocycles. The van der Waals surface area contributed by atoms with Gasteiger partial charge in [0.1, 0.15) is 18.2 Å². The molecule has 1 N–H and O–H groups in total. The van der Waals surface area contributed by atoms with Crippen molar-refractivity contribution in [1.82, 2.24) is 5.32 Å². The van der Waals surface area contributed by atoms with Crippen LogP contribution in [0, 0.1) is 11.6 Å². The van der Waals surface area contributed by atoms with E-state index in [2.05, 4.69) is 5.32 Å². The van der Waals surface area contributed by atoms with E-state index in [-0.39, 0.29) is 24.2 Å². The summed E-state index contributed by atoms with van der Waals surface area (Å²) in [7, 11) is 0. The van der Waals surface area contributed by atoms with E-state index >= 15 is 0 Å². The smallest absolute Gasteiger partial charge is 0.240 e. The Bertz CT molecular complexity index is 542. The molecule has 0 radical (unpaired) electrons. The summed E-state index contributed by atoms with van der Waals surface area (Å²) in [5, 5.41) is 2.84. The summed E-state index contributed by atoms with van der Waals surface area (Å²) in [4.78, 5) is 24.6. The quantitative estimate of drug-likeness (QED) is 0.927. The molecule has 1 aliphatic carbocycles. The largest absolute Gasteiger partial charge is 0.352 e. The lowest BCUT2D eigenvalue weighted by Gasteiger charge is -2.22. The maximum Gasteiger partial charge on any atom is 0.240 e. The lowest BCUT2D eigenvalue weighted by Crippen LogP contribution is -2.43. The van der Waals surface area contributed by atoms with E-state index in [0.717, 1.165) is 42.7 Å². The van der Waals surface area contributed by atoms with Crippen LogP contribution in [0.5, 0.6) is 0 Å². The normalized spacial score (nSPS) is 15.0. The number of halogens is 2. The van der Waals surface area contributed by atoms with Gasteiger partial charge in [-0.25, -0.2) is 8.78 Å². The maximum atomic E-state index is 13.8. The van der Waals surface area contributed by atoms with Gasteiger partial charge in [-0.05, 0) is 25.0 Å². The van der Waals surface area contributed by atoms with Gasteiger partial charge < -0.3 is 10.2 Å². The summed E-state index contributed by atoms with van der Waals surface area (Å²) < 4.78 is 26.7. The zero-order valence-corrected chi connectivity index (χ0v) is 11.9. The molecule has 0 bridgehead atoms. The van der Waals surface area contributed by atoms with Crippen molar-refractivity contribution < 1.29 is 18.4 Å². The molecule has 2 rings (SSSR count). The number of nitrogens with one attached hydrogen (secondary N) is 1. The van der Waals surface area contributed by atoms with Crippen molar-refractivity contribution in [2.24, 2.45) is 0 Å². The summed E-state index contributed by atoms with van der Waals surface area (Å²) >= 11 is 0. The fraction of sp³-hybridized carbons (Fsp3) is 0.467. The third-order valence-corrected chi connectivity index (χ3v) is 3.60. The van der Waals surface area contributed by atoms with E-state index in [9.17, 15) is 18.4 Å². The number of anilines is 1. The number of benzene rings is 1. The second-order valence-corrected chi connectivity index (χ2v) is 5.25. The first-order valence-electron chi connectivity index (χ1n) is 7.00. The van der Waals surface area contributed by atoms with Gasteiger partial charge in [-0.15, -0.1) is 0 Å². The summed E-state index contributed by atoms with van der Waals surface area (Å²) in [5.41, 5.74) is -0.0922. The van der Waals surface area contributed by atoms with Gasteiger partial charge in [0.15, 0.2) is 0 Å². The standard InChI is InChI=1S/C15H18F2N2O2/c1-10(20)19(14-7-6-11(16)8-13(14)17)9-15(21)18-12-4-2-3-5-12/h6-8,12H,2-5,9H2,1H3,(H,18,21). The Labute approximate surface area is 122 Å². The van der Waals surface area contributed by atoms with Crippen molar-refractivity contribution in [3.8, 4) is 0 Å². The molecule has 1 aromatic carbocycles. The van der Waals surface area contributed by atoms with Gasteiger partial charge in [0, 0.05) is 19.0 Å². The first-order chi connectivity index (χ1) is 9.97. The molecule has 114 valence electrons. The average molecular weight is 296 g/mol. The van der Waals surface area contributed by atoms with Crippen molar-refractivity contribution in [2.75, 3.05) is 11.4 Å². The molecule has 0 atom stereocenters. The molecule has 0 saturated heterocycles. The van der Waals surface area contributed by atoms with Crippen LogP contribution in [-0.4, -0.2) is 24.4 Å². The highest BCUT2D eigenvalue weighted by atomic mass is 19.1. The molecular formula is C15H18F2N2O2. The highest BCUT2D eigenvalue weighted by Crippen LogP contribution is 2.21. The van der Waals surface area contributed by atoms with E-state index in [0.29, 0.717) is 6.07 Å². The van der Waals surface area contributed by atoms with Crippen molar-refractivity contribution in [3.05, 3.63) is 29.8 Å². The molecule has 0 unspecified atom stereocenters. The highest BCUT2D eigenvalue weighted by molar-refractivity contribution is 5.97. The SMILES string of the molecule is CC(=O)N(CC(=O)NC1CCCC1)c1ccc(F)cc1F. The Morgan fingerprint density at radius 3 is 2.52 bits per heavy atom. The Morgan fingerprint density at radius 1 is 1.29 bits per heavy atom. The lowest BCUT2D eigenvalue weighted by molar-refractivity contribution is -0.123. The van der Waals surface area contributed by atoms with Crippen molar-refractivity contribution in [3.63, 3.8) is 0 Å². The van der Waals surface area contributed by atoms with Crippen LogP contribution >= 0.6 is 0 Å². The van der Waals surface area contributed by atoms with Crippen LogP contribution in [0.25, 0.3) is 0 Å². The Kier molecular flexibility index (Phi) is 4.88. The van der Waals surface area contributed by atoms with Crippen LogP contribution in [0.1, 0.15) is 32.6 Å². The predicted octanol–water partition coefficient (Wildman–Crippen LogP) is 2.38. The van der Waals surface area contributed by atoms with E-state index < -0.39 is 17.5 Å². The van der Waals surface area contributed by atoms with Gasteiger partial charge in [0.25, 0.3) is 0 Å². The number of amides is 2. The number of carbonyl (C=O) groups excluding carboxylic acids is 2. The van der Waals surface area contributed by atoms with E-state index in [4.69, 9.17) is 0 Å². The first-order valence-corrected chi connectivity index (χ1v) is 7.00. The number of carbonyl (C=O) groups is 2. The molecule has 0 spiro atoms. The minimum Gasteiger partial charge on any atom is -0.352 e. The van der Waals surface area contributed by atoms with E-state index in [1.54, 1.807) is 0 Å². The molecular weight excluding hydrogens is 278 g/mol. The van der Waals surface area contributed by atoms with Gasteiger partial charge >= 0.3 is 0 Å².